The number of hydrogen-bond donors (Lipinski definition) is 1. The van der Waals surface area contributed by atoms with Crippen LogP contribution in [-0.4, -0.2) is 30.6 Å². The number of nitriles is 1. The second-order valence-corrected chi connectivity index (χ2v) is 8.57. The highest BCUT2D eigenvalue weighted by atomic mass is 19.2. The fourth-order valence-electron chi connectivity index (χ4n) is 4.01. The minimum atomic E-state index is -1.39. The summed E-state index contributed by atoms with van der Waals surface area (Å²) < 4.78 is 57.9. The Morgan fingerprint density at radius 2 is 1.80 bits per heavy atom. The summed E-state index contributed by atoms with van der Waals surface area (Å²) in [6.45, 7) is 4.06. The van der Waals surface area contributed by atoms with Gasteiger partial charge in [0.1, 0.15) is 29.2 Å². The number of aryl methyl sites for hydroxylation is 1. The predicted octanol–water partition coefficient (Wildman–Crippen LogP) is 3.90. The zero-order valence-electron chi connectivity index (χ0n) is 18.5. The van der Waals surface area contributed by atoms with E-state index in [4.69, 9.17) is 0 Å². The van der Waals surface area contributed by atoms with Crippen LogP contribution < -0.4 is 5.32 Å². The van der Waals surface area contributed by atoms with Gasteiger partial charge in [-0.25, -0.2) is 37.2 Å². The summed E-state index contributed by atoms with van der Waals surface area (Å²) in [7, 11) is 0. The second kappa shape index (κ2) is 7.56. The standard InChI is InChI=1S/C23H15F4N7O/c1-9-14(26)6-10-18(20-30-15(7-28)16-19(31-20)32-22(35)23(16,2)3)33-34(21(10)29-9)8-11-12(24)4-5-13(25)17(11)27/h4-6H,8H2,1-3H3,(H,30,31,32,35). The van der Waals surface area contributed by atoms with E-state index in [9.17, 15) is 27.6 Å². The number of carbonyl (C=O) groups is 1. The molecule has 0 aliphatic carbocycles. The molecule has 176 valence electrons. The highest BCUT2D eigenvalue weighted by Crippen LogP contribution is 2.39. The molecule has 1 aliphatic heterocycles. The van der Waals surface area contributed by atoms with Crippen molar-refractivity contribution >= 4 is 22.8 Å². The smallest absolute Gasteiger partial charge is 0.235 e. The summed E-state index contributed by atoms with van der Waals surface area (Å²) in [6.07, 6.45) is 0. The van der Waals surface area contributed by atoms with Gasteiger partial charge in [-0.15, -0.1) is 0 Å². The Morgan fingerprint density at radius 1 is 1.09 bits per heavy atom. The van der Waals surface area contributed by atoms with Crippen LogP contribution in [0.2, 0.25) is 0 Å². The first-order chi connectivity index (χ1) is 16.5. The minimum Gasteiger partial charge on any atom is -0.310 e. The number of hydrogen-bond acceptors (Lipinski definition) is 6. The molecule has 5 rings (SSSR count). The van der Waals surface area contributed by atoms with Crippen LogP contribution in [0.1, 0.15) is 36.4 Å². The Bertz CT molecular complexity index is 1620. The van der Waals surface area contributed by atoms with E-state index in [1.165, 1.54) is 6.92 Å². The number of amides is 1. The third-order valence-electron chi connectivity index (χ3n) is 5.95. The van der Waals surface area contributed by atoms with E-state index < -0.39 is 40.8 Å². The molecule has 0 atom stereocenters. The van der Waals surface area contributed by atoms with Crippen molar-refractivity contribution < 1.29 is 22.4 Å². The van der Waals surface area contributed by atoms with Gasteiger partial charge in [0.05, 0.1) is 23.0 Å². The van der Waals surface area contributed by atoms with E-state index in [0.717, 1.165) is 16.8 Å². The number of aromatic nitrogens is 5. The maximum atomic E-state index is 14.5. The van der Waals surface area contributed by atoms with Crippen molar-refractivity contribution in [1.82, 2.24) is 24.7 Å². The number of fused-ring (bicyclic) bond motifs is 2. The fraction of sp³-hybridized carbons (Fsp3) is 0.217. The van der Waals surface area contributed by atoms with E-state index in [2.05, 4.69) is 25.4 Å². The van der Waals surface area contributed by atoms with Crippen LogP contribution in [-0.2, 0) is 16.8 Å². The monoisotopic (exact) mass is 481 g/mol. The Morgan fingerprint density at radius 3 is 2.51 bits per heavy atom. The van der Waals surface area contributed by atoms with Crippen molar-refractivity contribution in [3.8, 4) is 17.6 Å². The topological polar surface area (TPSA) is 109 Å². The van der Waals surface area contributed by atoms with Crippen LogP contribution in [0.15, 0.2) is 18.2 Å². The van der Waals surface area contributed by atoms with Crippen molar-refractivity contribution in [2.75, 3.05) is 5.32 Å². The van der Waals surface area contributed by atoms with E-state index in [1.807, 2.05) is 6.07 Å². The number of pyridine rings is 1. The van der Waals surface area contributed by atoms with Gasteiger partial charge in [-0.3, -0.25) is 4.79 Å². The summed E-state index contributed by atoms with van der Waals surface area (Å²) >= 11 is 0. The molecule has 0 fully saturated rings. The molecule has 0 radical (unpaired) electrons. The number of benzene rings is 1. The molecule has 0 saturated carbocycles. The lowest BCUT2D eigenvalue weighted by atomic mass is 9.86. The SMILES string of the molecule is Cc1nc2c(cc1F)c(-c1nc(C#N)c3c(n1)NC(=O)C3(C)C)nn2Cc1c(F)ccc(F)c1F. The number of rotatable bonds is 3. The molecular formula is C23H15F4N7O. The van der Waals surface area contributed by atoms with Crippen LogP contribution in [0.3, 0.4) is 0 Å². The van der Waals surface area contributed by atoms with Crippen LogP contribution in [0.4, 0.5) is 23.4 Å². The number of anilines is 1. The summed E-state index contributed by atoms with van der Waals surface area (Å²) in [4.78, 5) is 25.1. The van der Waals surface area contributed by atoms with E-state index in [0.29, 0.717) is 11.6 Å². The van der Waals surface area contributed by atoms with Crippen LogP contribution in [0, 0.1) is 41.5 Å². The molecule has 0 spiro atoms. The normalized spacial score (nSPS) is 14.2. The Hall–Kier alpha value is -4.40. The Kier molecular flexibility index (Phi) is 4.84. The molecule has 1 aromatic carbocycles. The lowest BCUT2D eigenvalue weighted by molar-refractivity contribution is -0.119. The highest BCUT2D eigenvalue weighted by Gasteiger charge is 2.43. The third kappa shape index (κ3) is 3.30. The van der Waals surface area contributed by atoms with Gasteiger partial charge < -0.3 is 5.32 Å². The molecular weight excluding hydrogens is 466 g/mol. The first-order valence-corrected chi connectivity index (χ1v) is 10.3. The van der Waals surface area contributed by atoms with Crippen LogP contribution in [0.5, 0.6) is 0 Å². The predicted molar refractivity (Wildman–Crippen MR) is 115 cm³/mol. The molecule has 3 aromatic heterocycles. The van der Waals surface area contributed by atoms with E-state index >= 15 is 0 Å². The van der Waals surface area contributed by atoms with Gasteiger partial charge in [0.2, 0.25) is 5.91 Å². The molecule has 0 unspecified atom stereocenters. The maximum Gasteiger partial charge on any atom is 0.235 e. The lowest BCUT2D eigenvalue weighted by Crippen LogP contribution is -2.27. The lowest BCUT2D eigenvalue weighted by Gasteiger charge is -2.15. The molecule has 12 heteroatoms. The van der Waals surface area contributed by atoms with Crippen LogP contribution >= 0.6 is 0 Å². The number of nitrogens with zero attached hydrogens (tertiary/aromatic N) is 6. The van der Waals surface area contributed by atoms with Crippen molar-refractivity contribution in [3.05, 3.63) is 64.0 Å². The number of halogens is 4. The average Bonchev–Trinajstić information content (AvgIpc) is 3.27. The second-order valence-electron chi connectivity index (χ2n) is 8.57. The molecule has 4 aromatic rings. The van der Waals surface area contributed by atoms with Gasteiger partial charge >= 0.3 is 0 Å². The van der Waals surface area contributed by atoms with Gasteiger partial charge in [0.25, 0.3) is 0 Å². The van der Waals surface area contributed by atoms with Crippen molar-refractivity contribution in [2.24, 2.45) is 0 Å². The summed E-state index contributed by atoms with van der Waals surface area (Å²) in [6, 6.07) is 4.50. The number of nitrogens with one attached hydrogen (secondary N) is 1. The van der Waals surface area contributed by atoms with Crippen molar-refractivity contribution in [3.63, 3.8) is 0 Å². The van der Waals surface area contributed by atoms with E-state index in [-0.39, 0.29) is 45.7 Å². The van der Waals surface area contributed by atoms with Gasteiger partial charge in [0.15, 0.2) is 28.8 Å². The maximum absolute atomic E-state index is 14.5. The highest BCUT2D eigenvalue weighted by molar-refractivity contribution is 6.05. The Labute approximate surface area is 195 Å². The van der Waals surface area contributed by atoms with Gasteiger partial charge in [0, 0.05) is 11.1 Å². The van der Waals surface area contributed by atoms with Crippen molar-refractivity contribution in [1.29, 1.82) is 5.26 Å². The molecule has 1 N–H and O–H groups in total. The molecule has 1 amide bonds. The fourth-order valence-corrected chi connectivity index (χ4v) is 4.01. The van der Waals surface area contributed by atoms with Gasteiger partial charge in [-0.1, -0.05) is 0 Å². The van der Waals surface area contributed by atoms with Gasteiger partial charge in [-0.05, 0) is 39.0 Å². The first kappa shape index (κ1) is 22.4. The molecule has 8 nitrogen and oxygen atoms in total. The first-order valence-electron chi connectivity index (χ1n) is 10.3. The third-order valence-corrected chi connectivity index (χ3v) is 5.95. The molecule has 1 aliphatic rings. The molecule has 35 heavy (non-hydrogen) atoms. The molecule has 4 heterocycles. The van der Waals surface area contributed by atoms with E-state index in [1.54, 1.807) is 13.8 Å². The molecule has 0 bridgehead atoms. The number of carbonyl (C=O) groups excluding carboxylic acids is 1. The summed E-state index contributed by atoms with van der Waals surface area (Å²) in [5.74, 6) is -4.73. The van der Waals surface area contributed by atoms with Crippen LogP contribution in [0.25, 0.3) is 22.6 Å². The van der Waals surface area contributed by atoms with Gasteiger partial charge in [-0.2, -0.15) is 10.4 Å². The zero-order valence-corrected chi connectivity index (χ0v) is 18.5. The largest absolute Gasteiger partial charge is 0.310 e. The summed E-state index contributed by atoms with van der Waals surface area (Å²) in [5, 5.41) is 16.7. The summed E-state index contributed by atoms with van der Waals surface area (Å²) in [5.41, 5.74) is -1.45. The quantitative estimate of drug-likeness (QED) is 0.351. The van der Waals surface area contributed by atoms with Crippen molar-refractivity contribution in [2.45, 2.75) is 32.7 Å². The molecule has 0 saturated heterocycles. The Balaban J connectivity index is 1.75. The zero-order chi connectivity index (χ0) is 25.2. The average molecular weight is 481 g/mol. The minimum absolute atomic E-state index is 0.00742.